The minimum Gasteiger partial charge on any atom is -0.461 e. The molecule has 0 spiro atoms. The fraction of sp³-hybridized carbons (Fsp3) is 0.200. The molecule has 3 rings (SSSR count). The van der Waals surface area contributed by atoms with E-state index < -0.39 is 5.97 Å². The number of hydrogen-bond acceptors (Lipinski definition) is 5. The standard InChI is InChI=1S/C15H14ClN3O3/c1-3-21-14(20)13-11(10-6-22-15(17)18-10)9-5-8(16)4-7(2)12(9)19-13/h4-6,19H,3H2,1-2H3,(H2,17,18). The number of halogens is 1. The molecule has 114 valence electrons. The van der Waals surface area contributed by atoms with E-state index in [1.54, 1.807) is 13.0 Å². The summed E-state index contributed by atoms with van der Waals surface area (Å²) in [6.45, 7) is 3.92. The highest BCUT2D eigenvalue weighted by Crippen LogP contribution is 2.36. The number of benzene rings is 1. The number of esters is 1. The molecule has 6 nitrogen and oxygen atoms in total. The van der Waals surface area contributed by atoms with Crippen LogP contribution in [0.1, 0.15) is 23.0 Å². The number of aryl methyl sites for hydroxylation is 1. The molecule has 0 saturated heterocycles. The van der Waals surface area contributed by atoms with E-state index in [4.69, 9.17) is 26.5 Å². The second kappa shape index (κ2) is 5.38. The van der Waals surface area contributed by atoms with E-state index >= 15 is 0 Å². The van der Waals surface area contributed by atoms with E-state index in [9.17, 15) is 4.79 Å². The van der Waals surface area contributed by atoms with Crippen molar-refractivity contribution in [3.05, 3.63) is 34.7 Å². The summed E-state index contributed by atoms with van der Waals surface area (Å²) >= 11 is 6.14. The largest absolute Gasteiger partial charge is 0.461 e. The summed E-state index contributed by atoms with van der Waals surface area (Å²) in [7, 11) is 0. The highest BCUT2D eigenvalue weighted by molar-refractivity contribution is 6.31. The number of anilines is 1. The van der Waals surface area contributed by atoms with Crippen molar-refractivity contribution in [3.63, 3.8) is 0 Å². The van der Waals surface area contributed by atoms with Crippen molar-refractivity contribution in [2.75, 3.05) is 12.3 Å². The molecule has 2 aromatic heterocycles. The fourth-order valence-electron chi connectivity index (χ4n) is 2.45. The average Bonchev–Trinajstić information content (AvgIpc) is 3.02. The van der Waals surface area contributed by atoms with Crippen LogP contribution >= 0.6 is 11.6 Å². The molecule has 7 heteroatoms. The number of nitrogens with zero attached hydrogens (tertiary/aromatic N) is 1. The maximum atomic E-state index is 12.2. The number of oxazole rings is 1. The van der Waals surface area contributed by atoms with Crippen LogP contribution in [0, 0.1) is 6.92 Å². The molecule has 0 aliphatic rings. The summed E-state index contributed by atoms with van der Waals surface area (Å²) in [4.78, 5) is 19.4. The van der Waals surface area contributed by atoms with Gasteiger partial charge in [0.1, 0.15) is 17.7 Å². The molecule has 1 aromatic carbocycles. The van der Waals surface area contributed by atoms with E-state index in [-0.39, 0.29) is 12.6 Å². The molecule has 3 aromatic rings. The van der Waals surface area contributed by atoms with Crippen LogP contribution in [0.5, 0.6) is 0 Å². The van der Waals surface area contributed by atoms with E-state index in [0.717, 1.165) is 16.5 Å². The molecule has 3 N–H and O–H groups in total. The van der Waals surface area contributed by atoms with Gasteiger partial charge in [0.2, 0.25) is 0 Å². The molecule has 2 heterocycles. The molecule has 0 amide bonds. The molecule has 0 aliphatic heterocycles. The lowest BCUT2D eigenvalue weighted by molar-refractivity contribution is 0.0521. The monoisotopic (exact) mass is 319 g/mol. The van der Waals surface area contributed by atoms with Crippen LogP contribution in [0.4, 0.5) is 6.01 Å². The molecule has 22 heavy (non-hydrogen) atoms. The predicted molar refractivity (Wildman–Crippen MR) is 83.9 cm³/mol. The molecule has 0 atom stereocenters. The van der Waals surface area contributed by atoms with Crippen LogP contribution in [-0.4, -0.2) is 22.5 Å². The summed E-state index contributed by atoms with van der Waals surface area (Å²) in [5, 5.41) is 1.33. The number of ether oxygens (including phenoxy) is 1. The van der Waals surface area contributed by atoms with Crippen molar-refractivity contribution in [2.45, 2.75) is 13.8 Å². The average molecular weight is 320 g/mol. The Kier molecular flexibility index (Phi) is 3.54. The molecule has 0 fully saturated rings. The number of hydrogen-bond donors (Lipinski definition) is 2. The second-order valence-electron chi connectivity index (χ2n) is 4.81. The number of nitrogens with two attached hydrogens (primary N) is 1. The van der Waals surface area contributed by atoms with Crippen LogP contribution < -0.4 is 5.73 Å². The Hall–Kier alpha value is -2.47. The van der Waals surface area contributed by atoms with Crippen molar-refractivity contribution in [2.24, 2.45) is 0 Å². The Bertz CT molecular complexity index is 866. The lowest BCUT2D eigenvalue weighted by Gasteiger charge is -2.02. The topological polar surface area (TPSA) is 94.1 Å². The summed E-state index contributed by atoms with van der Waals surface area (Å²) < 4.78 is 10.2. The Morgan fingerprint density at radius 2 is 2.27 bits per heavy atom. The first-order chi connectivity index (χ1) is 10.5. The Morgan fingerprint density at radius 1 is 1.50 bits per heavy atom. The van der Waals surface area contributed by atoms with Gasteiger partial charge in [-0.1, -0.05) is 11.6 Å². The smallest absolute Gasteiger partial charge is 0.355 e. The van der Waals surface area contributed by atoms with E-state index in [0.29, 0.717) is 22.0 Å². The molecule has 0 aliphatic carbocycles. The van der Waals surface area contributed by atoms with Gasteiger partial charge in [0.15, 0.2) is 0 Å². The van der Waals surface area contributed by atoms with Crippen molar-refractivity contribution in [1.82, 2.24) is 9.97 Å². The third kappa shape index (κ3) is 2.31. The number of carbonyl (C=O) groups is 1. The number of carbonyl (C=O) groups excluding carboxylic acids is 1. The number of nitrogen functional groups attached to an aromatic ring is 1. The van der Waals surface area contributed by atoms with E-state index in [1.165, 1.54) is 6.26 Å². The van der Waals surface area contributed by atoms with Gasteiger partial charge in [-0.2, -0.15) is 4.98 Å². The third-order valence-corrected chi connectivity index (χ3v) is 3.55. The number of nitrogens with one attached hydrogen (secondary N) is 1. The first kappa shape index (κ1) is 14.5. The minimum atomic E-state index is -0.467. The zero-order valence-corrected chi connectivity index (χ0v) is 12.8. The summed E-state index contributed by atoms with van der Waals surface area (Å²) in [5.74, 6) is -0.467. The normalized spacial score (nSPS) is 11.0. The second-order valence-corrected chi connectivity index (χ2v) is 5.25. The third-order valence-electron chi connectivity index (χ3n) is 3.33. The van der Waals surface area contributed by atoms with Gasteiger partial charge in [0.25, 0.3) is 6.01 Å². The van der Waals surface area contributed by atoms with Crippen LogP contribution in [0.25, 0.3) is 22.2 Å². The maximum Gasteiger partial charge on any atom is 0.355 e. The lowest BCUT2D eigenvalue weighted by atomic mass is 10.1. The quantitative estimate of drug-likeness (QED) is 0.720. The zero-order chi connectivity index (χ0) is 15.9. The first-order valence-corrected chi connectivity index (χ1v) is 7.09. The van der Waals surface area contributed by atoms with Crippen molar-refractivity contribution < 1.29 is 13.9 Å². The Morgan fingerprint density at radius 3 is 2.91 bits per heavy atom. The van der Waals surface area contributed by atoms with Crippen molar-refractivity contribution in [3.8, 4) is 11.3 Å². The van der Waals surface area contributed by atoms with Gasteiger partial charge in [-0.05, 0) is 31.5 Å². The minimum absolute atomic E-state index is 0.0258. The highest BCUT2D eigenvalue weighted by atomic mass is 35.5. The van der Waals surface area contributed by atoms with Crippen LogP contribution in [0.15, 0.2) is 22.8 Å². The Balaban J connectivity index is 2.34. The highest BCUT2D eigenvalue weighted by Gasteiger charge is 2.23. The number of aromatic amines is 1. The van der Waals surface area contributed by atoms with Gasteiger partial charge in [0, 0.05) is 21.5 Å². The van der Waals surface area contributed by atoms with Gasteiger partial charge >= 0.3 is 5.97 Å². The number of fused-ring (bicyclic) bond motifs is 1. The zero-order valence-electron chi connectivity index (χ0n) is 12.1. The summed E-state index contributed by atoms with van der Waals surface area (Å²) in [5.41, 5.74) is 8.57. The van der Waals surface area contributed by atoms with Crippen LogP contribution in [-0.2, 0) is 4.74 Å². The predicted octanol–water partition coefficient (Wildman–Crippen LogP) is 3.54. The fourth-order valence-corrected chi connectivity index (χ4v) is 2.73. The van der Waals surface area contributed by atoms with Gasteiger partial charge in [-0.15, -0.1) is 0 Å². The van der Waals surface area contributed by atoms with Gasteiger partial charge in [-0.25, -0.2) is 4.79 Å². The SMILES string of the molecule is CCOC(=O)c1[nH]c2c(C)cc(Cl)cc2c1-c1coc(N)n1. The lowest BCUT2D eigenvalue weighted by Crippen LogP contribution is -2.06. The van der Waals surface area contributed by atoms with Crippen molar-refractivity contribution >= 4 is 34.5 Å². The van der Waals surface area contributed by atoms with Crippen LogP contribution in [0.2, 0.25) is 5.02 Å². The van der Waals surface area contributed by atoms with Gasteiger partial charge < -0.3 is 19.9 Å². The van der Waals surface area contributed by atoms with Gasteiger partial charge in [-0.3, -0.25) is 0 Å². The molecule has 0 bridgehead atoms. The molecular weight excluding hydrogens is 306 g/mol. The molecule has 0 saturated carbocycles. The molecule has 0 radical (unpaired) electrons. The van der Waals surface area contributed by atoms with Gasteiger partial charge in [0.05, 0.1) is 6.61 Å². The maximum absolute atomic E-state index is 12.2. The number of rotatable bonds is 3. The van der Waals surface area contributed by atoms with E-state index in [1.807, 2.05) is 13.0 Å². The number of H-pyrrole nitrogens is 1. The molecule has 0 unspecified atom stereocenters. The first-order valence-electron chi connectivity index (χ1n) is 6.71. The molecular formula is C15H14ClN3O3. The van der Waals surface area contributed by atoms with Crippen LogP contribution in [0.3, 0.4) is 0 Å². The Labute approximate surface area is 131 Å². The van der Waals surface area contributed by atoms with Crippen molar-refractivity contribution in [1.29, 1.82) is 0 Å². The number of aromatic nitrogens is 2. The van der Waals surface area contributed by atoms with E-state index in [2.05, 4.69) is 9.97 Å². The summed E-state index contributed by atoms with van der Waals surface area (Å²) in [6, 6.07) is 3.61. The summed E-state index contributed by atoms with van der Waals surface area (Å²) in [6.07, 6.45) is 1.40.